The molecule has 94 valence electrons. The van der Waals surface area contributed by atoms with Crippen molar-refractivity contribution in [2.24, 2.45) is 0 Å². The third-order valence-corrected chi connectivity index (χ3v) is 2.83. The molecule has 2 aromatic rings. The fraction of sp³-hybridized carbons (Fsp3) is 0.200. The van der Waals surface area contributed by atoms with Gasteiger partial charge in [-0.25, -0.2) is 0 Å². The Morgan fingerprint density at radius 1 is 0.611 bits per heavy atom. The third kappa shape index (κ3) is 3.42. The number of hydrogen-bond acceptors (Lipinski definition) is 3. The lowest BCUT2D eigenvalue weighted by molar-refractivity contribution is 0.449. The van der Waals surface area contributed by atoms with Gasteiger partial charge in [-0.3, -0.25) is 0 Å². The molecule has 0 unspecified atom stereocenters. The molecule has 0 radical (unpaired) electrons. The first-order valence-electron chi connectivity index (χ1n) is 5.93. The average Bonchev–Trinajstić information content (AvgIpc) is 2.30. The van der Waals surface area contributed by atoms with Crippen LogP contribution in [0.15, 0.2) is 42.5 Å². The zero-order valence-electron chi connectivity index (χ0n) is 10.0. The van der Waals surface area contributed by atoms with Crippen LogP contribution in [0.5, 0.6) is 17.2 Å². The SMILES string of the molecule is Oc1ccc(CCCc2cc(O)cc(O)c2)cc1. The van der Waals surface area contributed by atoms with E-state index in [0.717, 1.165) is 30.4 Å². The van der Waals surface area contributed by atoms with Crippen LogP contribution in [-0.2, 0) is 12.8 Å². The first-order valence-corrected chi connectivity index (χ1v) is 5.93. The maximum Gasteiger partial charge on any atom is 0.119 e. The van der Waals surface area contributed by atoms with Gasteiger partial charge in [0.15, 0.2) is 0 Å². The minimum Gasteiger partial charge on any atom is -0.508 e. The van der Waals surface area contributed by atoms with Gasteiger partial charge in [-0.2, -0.15) is 0 Å². The van der Waals surface area contributed by atoms with Crippen molar-refractivity contribution in [3.05, 3.63) is 53.6 Å². The first kappa shape index (κ1) is 12.3. The Balaban J connectivity index is 1.90. The molecule has 0 atom stereocenters. The molecular formula is C15H16O3. The van der Waals surface area contributed by atoms with Crippen LogP contribution in [0, 0.1) is 0 Å². The first-order chi connectivity index (χ1) is 8.63. The Morgan fingerprint density at radius 3 is 1.78 bits per heavy atom. The largest absolute Gasteiger partial charge is 0.508 e. The van der Waals surface area contributed by atoms with E-state index in [1.165, 1.54) is 6.07 Å². The molecule has 0 aliphatic carbocycles. The van der Waals surface area contributed by atoms with Gasteiger partial charge in [-0.1, -0.05) is 12.1 Å². The van der Waals surface area contributed by atoms with E-state index in [1.54, 1.807) is 24.3 Å². The van der Waals surface area contributed by atoms with Gasteiger partial charge in [-0.05, 0) is 54.7 Å². The summed E-state index contributed by atoms with van der Waals surface area (Å²) in [6.07, 6.45) is 2.62. The molecule has 3 nitrogen and oxygen atoms in total. The van der Waals surface area contributed by atoms with Crippen LogP contribution in [0.25, 0.3) is 0 Å². The van der Waals surface area contributed by atoms with Gasteiger partial charge < -0.3 is 15.3 Å². The molecule has 0 aliphatic heterocycles. The van der Waals surface area contributed by atoms with E-state index >= 15 is 0 Å². The lowest BCUT2D eigenvalue weighted by Gasteiger charge is -2.04. The van der Waals surface area contributed by atoms with E-state index in [0.29, 0.717) is 0 Å². The van der Waals surface area contributed by atoms with Crippen LogP contribution in [-0.4, -0.2) is 15.3 Å². The Labute approximate surface area is 106 Å². The predicted molar refractivity (Wildman–Crippen MR) is 69.9 cm³/mol. The molecule has 0 aliphatic rings. The summed E-state index contributed by atoms with van der Waals surface area (Å²) in [5.41, 5.74) is 2.09. The number of phenols is 3. The van der Waals surface area contributed by atoms with Crippen molar-refractivity contribution in [1.82, 2.24) is 0 Å². The van der Waals surface area contributed by atoms with Crippen LogP contribution in [0.1, 0.15) is 17.5 Å². The van der Waals surface area contributed by atoms with Crippen molar-refractivity contribution in [3.8, 4) is 17.2 Å². The smallest absolute Gasteiger partial charge is 0.119 e. The monoisotopic (exact) mass is 244 g/mol. The zero-order valence-corrected chi connectivity index (χ0v) is 10.0. The highest BCUT2D eigenvalue weighted by Crippen LogP contribution is 2.21. The molecule has 0 heterocycles. The van der Waals surface area contributed by atoms with Crippen LogP contribution < -0.4 is 0 Å². The van der Waals surface area contributed by atoms with Crippen molar-refractivity contribution >= 4 is 0 Å². The molecule has 0 aromatic heterocycles. The fourth-order valence-electron chi connectivity index (χ4n) is 1.96. The Bertz CT molecular complexity index is 498. The molecule has 0 saturated heterocycles. The molecule has 0 fully saturated rings. The van der Waals surface area contributed by atoms with Crippen LogP contribution in [0.2, 0.25) is 0 Å². The number of aromatic hydroxyl groups is 3. The normalized spacial score (nSPS) is 10.4. The van der Waals surface area contributed by atoms with E-state index in [1.807, 2.05) is 12.1 Å². The summed E-state index contributed by atoms with van der Waals surface area (Å²) in [6, 6.07) is 11.8. The van der Waals surface area contributed by atoms with Gasteiger partial charge in [0.25, 0.3) is 0 Å². The number of benzene rings is 2. The second-order valence-electron chi connectivity index (χ2n) is 4.38. The summed E-state index contributed by atoms with van der Waals surface area (Å²) < 4.78 is 0. The van der Waals surface area contributed by atoms with Gasteiger partial charge in [0, 0.05) is 6.07 Å². The molecular weight excluding hydrogens is 228 g/mol. The van der Waals surface area contributed by atoms with E-state index in [-0.39, 0.29) is 17.2 Å². The minimum atomic E-state index is 0.0923. The van der Waals surface area contributed by atoms with Crippen molar-refractivity contribution in [3.63, 3.8) is 0 Å². The quantitative estimate of drug-likeness (QED) is 0.774. The number of hydrogen-bond donors (Lipinski definition) is 3. The molecule has 3 heteroatoms. The number of rotatable bonds is 4. The number of aryl methyl sites for hydroxylation is 2. The highest BCUT2D eigenvalue weighted by Gasteiger charge is 2.00. The Kier molecular flexibility index (Phi) is 3.72. The summed E-state index contributed by atoms with van der Waals surface area (Å²) >= 11 is 0. The van der Waals surface area contributed by atoms with Crippen molar-refractivity contribution in [1.29, 1.82) is 0 Å². The lowest BCUT2D eigenvalue weighted by Crippen LogP contribution is -1.90. The standard InChI is InChI=1S/C15H16O3/c16-13-6-4-11(5-7-13)2-1-3-12-8-14(17)10-15(18)9-12/h4-10,16-18H,1-3H2. The predicted octanol–water partition coefficient (Wildman–Crippen LogP) is 2.98. The van der Waals surface area contributed by atoms with Gasteiger partial charge in [0.05, 0.1) is 0 Å². The molecule has 18 heavy (non-hydrogen) atoms. The topological polar surface area (TPSA) is 60.7 Å². The highest BCUT2D eigenvalue weighted by atomic mass is 16.3. The zero-order chi connectivity index (χ0) is 13.0. The highest BCUT2D eigenvalue weighted by molar-refractivity contribution is 5.36. The van der Waals surface area contributed by atoms with Gasteiger partial charge >= 0.3 is 0 Å². The molecule has 0 amide bonds. The Hall–Kier alpha value is -2.16. The number of phenolic OH excluding ortho intramolecular Hbond substituents is 3. The molecule has 0 saturated carbocycles. The third-order valence-electron chi connectivity index (χ3n) is 2.83. The van der Waals surface area contributed by atoms with E-state index in [9.17, 15) is 10.2 Å². The molecule has 2 rings (SSSR count). The summed E-state index contributed by atoms with van der Waals surface area (Å²) in [5.74, 6) is 0.459. The minimum absolute atomic E-state index is 0.0923. The maximum atomic E-state index is 9.35. The molecule has 0 bridgehead atoms. The van der Waals surface area contributed by atoms with Gasteiger partial charge in [-0.15, -0.1) is 0 Å². The summed E-state index contributed by atoms with van der Waals surface area (Å²) in [5, 5.41) is 27.9. The summed E-state index contributed by atoms with van der Waals surface area (Å²) in [4.78, 5) is 0. The maximum absolute atomic E-state index is 9.35. The Morgan fingerprint density at radius 2 is 1.17 bits per heavy atom. The second-order valence-corrected chi connectivity index (χ2v) is 4.38. The van der Waals surface area contributed by atoms with Gasteiger partial charge in [0.2, 0.25) is 0 Å². The van der Waals surface area contributed by atoms with E-state index < -0.39 is 0 Å². The van der Waals surface area contributed by atoms with Crippen molar-refractivity contribution < 1.29 is 15.3 Å². The van der Waals surface area contributed by atoms with E-state index in [4.69, 9.17) is 5.11 Å². The van der Waals surface area contributed by atoms with Gasteiger partial charge in [0.1, 0.15) is 17.2 Å². The molecule has 2 aromatic carbocycles. The van der Waals surface area contributed by atoms with Crippen LogP contribution in [0.3, 0.4) is 0 Å². The molecule has 0 spiro atoms. The second kappa shape index (κ2) is 5.45. The summed E-state index contributed by atoms with van der Waals surface area (Å²) in [7, 11) is 0. The lowest BCUT2D eigenvalue weighted by atomic mass is 10.0. The van der Waals surface area contributed by atoms with Crippen molar-refractivity contribution in [2.75, 3.05) is 0 Å². The average molecular weight is 244 g/mol. The van der Waals surface area contributed by atoms with E-state index in [2.05, 4.69) is 0 Å². The summed E-state index contributed by atoms with van der Waals surface area (Å²) in [6.45, 7) is 0. The van der Waals surface area contributed by atoms with Crippen LogP contribution in [0.4, 0.5) is 0 Å². The van der Waals surface area contributed by atoms with Crippen LogP contribution >= 0.6 is 0 Å². The fourth-order valence-corrected chi connectivity index (χ4v) is 1.96. The van der Waals surface area contributed by atoms with Crippen molar-refractivity contribution in [2.45, 2.75) is 19.3 Å². The molecule has 3 N–H and O–H groups in total.